The third kappa shape index (κ3) is 4.12. The van der Waals surface area contributed by atoms with E-state index in [0.29, 0.717) is 17.3 Å². The molecule has 1 fully saturated rings. The summed E-state index contributed by atoms with van der Waals surface area (Å²) in [6, 6.07) is 12.9. The lowest BCUT2D eigenvalue weighted by molar-refractivity contribution is -0.308. The number of aliphatic imine (C=N–C) groups is 2. The molecule has 2 aromatic rings. The van der Waals surface area contributed by atoms with Crippen LogP contribution >= 0.6 is 0 Å². The number of carbonyl (C=O) groups excluding carboxylic acids is 1. The van der Waals surface area contributed by atoms with Gasteiger partial charge in [-0.15, -0.1) is 0 Å². The lowest BCUT2D eigenvalue weighted by atomic mass is 9.95. The number of amidine groups is 1. The monoisotopic (exact) mass is 449 g/mol. The molecule has 0 saturated heterocycles. The van der Waals surface area contributed by atoms with E-state index in [2.05, 4.69) is 4.99 Å². The summed E-state index contributed by atoms with van der Waals surface area (Å²) in [6.07, 6.45) is 5.49. The molecule has 5 rings (SSSR count). The van der Waals surface area contributed by atoms with Crippen molar-refractivity contribution >= 4 is 17.5 Å². The Bertz CT molecular complexity index is 1090. The molecule has 3 aliphatic rings. The van der Waals surface area contributed by atoms with Crippen LogP contribution in [0.25, 0.3) is 0 Å². The maximum Gasteiger partial charge on any atom is 0.287 e. The molecule has 8 heteroatoms. The van der Waals surface area contributed by atoms with Crippen LogP contribution in [0.3, 0.4) is 0 Å². The van der Waals surface area contributed by atoms with Crippen molar-refractivity contribution in [3.63, 3.8) is 0 Å². The van der Waals surface area contributed by atoms with Gasteiger partial charge in [0.25, 0.3) is 11.6 Å². The Labute approximate surface area is 191 Å². The molecule has 2 heterocycles. The molecule has 2 atom stereocenters. The number of benzene rings is 2. The summed E-state index contributed by atoms with van der Waals surface area (Å²) in [5, 5.41) is 29.1. The van der Waals surface area contributed by atoms with E-state index in [0.717, 1.165) is 30.5 Å². The predicted octanol–water partition coefficient (Wildman–Crippen LogP) is 3.52. The largest absolute Gasteiger partial charge is 0.508 e. The zero-order valence-corrected chi connectivity index (χ0v) is 18.2. The highest BCUT2D eigenvalue weighted by Crippen LogP contribution is 2.36. The second kappa shape index (κ2) is 8.61. The second-order valence-electron chi connectivity index (χ2n) is 9.10. The molecular weight excluding hydrogens is 422 g/mol. The van der Waals surface area contributed by atoms with Crippen molar-refractivity contribution in [1.29, 1.82) is 0 Å². The van der Waals surface area contributed by atoms with E-state index >= 15 is 0 Å². The number of hydrogen-bond donors (Lipinski definition) is 3. The molecule has 8 nitrogen and oxygen atoms in total. The van der Waals surface area contributed by atoms with Gasteiger partial charge in [0, 0.05) is 6.42 Å². The lowest BCUT2D eigenvalue weighted by Crippen LogP contribution is -2.51. The van der Waals surface area contributed by atoms with Gasteiger partial charge in [-0.05, 0) is 59.9 Å². The topological polar surface area (TPSA) is 115 Å². The maximum atomic E-state index is 13.6. The zero-order chi connectivity index (χ0) is 23.0. The van der Waals surface area contributed by atoms with E-state index in [1.165, 1.54) is 25.0 Å². The Morgan fingerprint density at radius 1 is 1.00 bits per heavy atom. The van der Waals surface area contributed by atoms with Crippen LogP contribution in [0.4, 0.5) is 0 Å². The van der Waals surface area contributed by atoms with Crippen molar-refractivity contribution in [3.8, 4) is 11.5 Å². The van der Waals surface area contributed by atoms with Gasteiger partial charge in [0.2, 0.25) is 0 Å². The molecule has 0 radical (unpaired) electrons. The quantitative estimate of drug-likeness (QED) is 0.461. The van der Waals surface area contributed by atoms with Crippen molar-refractivity contribution in [1.82, 2.24) is 4.90 Å². The minimum absolute atomic E-state index is 0.0350. The third-order valence-electron chi connectivity index (χ3n) is 6.83. The third-order valence-corrected chi connectivity index (χ3v) is 6.83. The van der Waals surface area contributed by atoms with Gasteiger partial charge in [0.15, 0.2) is 0 Å². The van der Waals surface area contributed by atoms with Crippen LogP contribution in [0, 0.1) is 5.92 Å². The second-order valence-corrected chi connectivity index (χ2v) is 9.10. The van der Waals surface area contributed by atoms with E-state index in [1.807, 2.05) is 0 Å². The first-order chi connectivity index (χ1) is 16.0. The van der Waals surface area contributed by atoms with E-state index in [9.17, 15) is 20.3 Å². The fourth-order valence-electron chi connectivity index (χ4n) is 5.09. The minimum atomic E-state index is -1.78. The van der Waals surface area contributed by atoms with Gasteiger partial charge in [-0.2, -0.15) is 4.89 Å². The molecule has 1 amide bonds. The van der Waals surface area contributed by atoms with Gasteiger partial charge in [-0.25, -0.2) is 10.2 Å². The maximum absolute atomic E-state index is 13.6. The molecule has 172 valence electrons. The highest BCUT2D eigenvalue weighted by atomic mass is 17.1. The van der Waals surface area contributed by atoms with Crippen LogP contribution in [0.15, 0.2) is 58.5 Å². The van der Waals surface area contributed by atoms with E-state index < -0.39 is 11.6 Å². The van der Waals surface area contributed by atoms with Gasteiger partial charge in [0.1, 0.15) is 23.4 Å². The summed E-state index contributed by atoms with van der Waals surface area (Å²) >= 11 is 0. The molecule has 2 aliphatic heterocycles. The van der Waals surface area contributed by atoms with Crippen molar-refractivity contribution in [2.24, 2.45) is 15.9 Å². The summed E-state index contributed by atoms with van der Waals surface area (Å²) < 4.78 is 0. The molecular formula is C25H27N3O5. The summed E-state index contributed by atoms with van der Waals surface area (Å²) in [4.78, 5) is 29.5. The van der Waals surface area contributed by atoms with Crippen LogP contribution in [0.2, 0.25) is 0 Å². The molecule has 0 aromatic heterocycles. The number of nitrogens with zero attached hydrogens (tertiary/aromatic N) is 3. The fraction of sp³-hybridized carbons (Fsp3) is 0.400. The summed E-state index contributed by atoms with van der Waals surface area (Å²) in [5.74, 6) is 0.888. The number of aromatic hydroxyl groups is 2. The summed E-state index contributed by atoms with van der Waals surface area (Å²) in [6.45, 7) is 0.213. The first-order valence-electron chi connectivity index (χ1n) is 11.4. The first-order valence-corrected chi connectivity index (χ1v) is 11.4. The normalized spacial score (nSPS) is 25.2. The highest BCUT2D eigenvalue weighted by molar-refractivity contribution is 6.17. The number of phenolic OH excluding ortho intramolecular Hbond substituents is 2. The molecule has 1 saturated carbocycles. The Morgan fingerprint density at radius 2 is 1.64 bits per heavy atom. The molecule has 3 N–H and O–H groups in total. The first kappa shape index (κ1) is 21.6. The molecule has 0 bridgehead atoms. The smallest absolute Gasteiger partial charge is 0.287 e. The van der Waals surface area contributed by atoms with E-state index in [1.54, 1.807) is 41.3 Å². The van der Waals surface area contributed by atoms with E-state index in [4.69, 9.17) is 9.88 Å². The van der Waals surface area contributed by atoms with Gasteiger partial charge in [-0.1, -0.05) is 37.8 Å². The lowest BCUT2D eigenvalue weighted by Gasteiger charge is -2.31. The van der Waals surface area contributed by atoms with Crippen LogP contribution in [-0.4, -0.2) is 56.1 Å². The van der Waals surface area contributed by atoms with Crippen molar-refractivity contribution in [3.05, 3.63) is 59.7 Å². The SMILES string of the molecule is O=C1N2CC(c3ccc(O)cc3)=N[C@@H](CC3CCCC3)C2=N[C@]1(Cc1ccc(O)cc1)OO. The molecule has 33 heavy (non-hydrogen) atoms. The number of amides is 1. The zero-order valence-electron chi connectivity index (χ0n) is 18.2. The molecule has 0 unspecified atom stereocenters. The van der Waals surface area contributed by atoms with Crippen LogP contribution in [0.1, 0.15) is 43.2 Å². The highest BCUT2D eigenvalue weighted by Gasteiger charge is 2.53. The summed E-state index contributed by atoms with van der Waals surface area (Å²) in [7, 11) is 0. The molecule has 0 spiro atoms. The number of rotatable bonds is 6. The van der Waals surface area contributed by atoms with Gasteiger partial charge >= 0.3 is 0 Å². The van der Waals surface area contributed by atoms with Crippen LogP contribution in [-0.2, 0) is 16.1 Å². The minimum Gasteiger partial charge on any atom is -0.508 e. The van der Waals surface area contributed by atoms with Crippen molar-refractivity contribution in [2.75, 3.05) is 6.54 Å². The fourth-order valence-corrected chi connectivity index (χ4v) is 5.09. The predicted molar refractivity (Wildman–Crippen MR) is 122 cm³/mol. The standard InChI is InChI=1S/C25H27N3O5/c29-19-9-5-17(6-10-19)14-25(33-32)24(31)28-15-22(18-7-11-20(30)12-8-18)26-21(23(28)27-25)13-16-3-1-2-4-16/h5-12,16,21,29-30,32H,1-4,13-15H2/t21-,25+/m0/s1. The Balaban J connectivity index is 1.50. The number of carbonyl (C=O) groups is 1. The van der Waals surface area contributed by atoms with E-state index in [-0.39, 0.29) is 30.5 Å². The van der Waals surface area contributed by atoms with Crippen molar-refractivity contribution < 1.29 is 25.2 Å². The Hall–Kier alpha value is -3.23. The van der Waals surface area contributed by atoms with Gasteiger partial charge < -0.3 is 10.2 Å². The molecule has 2 aromatic carbocycles. The van der Waals surface area contributed by atoms with Crippen LogP contribution < -0.4 is 0 Å². The van der Waals surface area contributed by atoms with Gasteiger partial charge in [0.05, 0.1) is 12.3 Å². The number of hydrogen-bond acceptors (Lipinski definition) is 7. The van der Waals surface area contributed by atoms with Gasteiger partial charge in [-0.3, -0.25) is 14.7 Å². The number of phenols is 2. The average molecular weight is 450 g/mol. The number of fused-ring (bicyclic) bond motifs is 1. The Morgan fingerprint density at radius 3 is 2.27 bits per heavy atom. The Kier molecular flexibility index (Phi) is 5.64. The average Bonchev–Trinajstić information content (AvgIpc) is 3.43. The summed E-state index contributed by atoms with van der Waals surface area (Å²) in [5.41, 5.74) is 0.493. The van der Waals surface area contributed by atoms with Crippen molar-refractivity contribution in [2.45, 2.75) is 50.3 Å². The van der Waals surface area contributed by atoms with Crippen LogP contribution in [0.5, 0.6) is 11.5 Å². The molecule has 1 aliphatic carbocycles.